The summed E-state index contributed by atoms with van der Waals surface area (Å²) in [6, 6.07) is 10.7. The van der Waals surface area contributed by atoms with E-state index in [0.717, 1.165) is 29.7 Å². The summed E-state index contributed by atoms with van der Waals surface area (Å²) in [4.78, 5) is 3.58. The van der Waals surface area contributed by atoms with Crippen LogP contribution in [0.25, 0.3) is 27.9 Å². The molecular formula is C23H25NO2. The van der Waals surface area contributed by atoms with E-state index in [1.807, 2.05) is 0 Å². The first kappa shape index (κ1) is 16.0. The lowest BCUT2D eigenvalue weighted by Crippen LogP contribution is -2.33. The second-order valence-electron chi connectivity index (χ2n) is 8.53. The van der Waals surface area contributed by atoms with Crippen LogP contribution in [0.2, 0.25) is 0 Å². The standard InChI is InChI=1S/C23H25NO2/c1-14-13-17-15-7-5-6-8-18(15)24-20(17)16-9-11-23(4,26-21(14)16)12-10-19-22(2,3)25-19/h5-9,11,13,19,24H,10,12H2,1-4H3/t19?,23-/m1/s1. The Morgan fingerprint density at radius 1 is 1.12 bits per heavy atom. The molecule has 2 aliphatic rings. The van der Waals surface area contributed by atoms with Crippen molar-refractivity contribution in [3.63, 3.8) is 0 Å². The van der Waals surface area contributed by atoms with E-state index >= 15 is 0 Å². The van der Waals surface area contributed by atoms with Gasteiger partial charge in [0, 0.05) is 21.9 Å². The predicted molar refractivity (Wildman–Crippen MR) is 107 cm³/mol. The number of hydrogen-bond acceptors (Lipinski definition) is 2. The van der Waals surface area contributed by atoms with Gasteiger partial charge in [0.1, 0.15) is 11.4 Å². The number of aromatic nitrogens is 1. The fraction of sp³-hybridized carbons (Fsp3) is 0.391. The molecule has 1 unspecified atom stereocenters. The molecule has 2 aliphatic heterocycles. The van der Waals surface area contributed by atoms with Gasteiger partial charge in [0.05, 0.1) is 17.2 Å². The van der Waals surface area contributed by atoms with Gasteiger partial charge in [-0.2, -0.15) is 0 Å². The highest BCUT2D eigenvalue weighted by atomic mass is 16.6. The Kier molecular flexibility index (Phi) is 3.15. The van der Waals surface area contributed by atoms with Crippen molar-refractivity contribution in [3.8, 4) is 5.75 Å². The number of rotatable bonds is 3. The maximum Gasteiger partial charge on any atom is 0.132 e. The minimum atomic E-state index is -0.278. The lowest BCUT2D eigenvalue weighted by atomic mass is 9.91. The molecule has 0 bridgehead atoms. The van der Waals surface area contributed by atoms with Crippen molar-refractivity contribution in [3.05, 3.63) is 47.5 Å². The summed E-state index contributed by atoms with van der Waals surface area (Å²) in [5.74, 6) is 1.00. The number of aromatic amines is 1. The summed E-state index contributed by atoms with van der Waals surface area (Å²) >= 11 is 0. The third-order valence-electron chi connectivity index (χ3n) is 5.98. The molecule has 0 saturated carbocycles. The van der Waals surface area contributed by atoms with Crippen LogP contribution in [0.4, 0.5) is 0 Å². The summed E-state index contributed by atoms with van der Waals surface area (Å²) in [6.07, 6.45) is 6.80. The minimum absolute atomic E-state index is 0.0408. The van der Waals surface area contributed by atoms with Gasteiger partial charge in [-0.15, -0.1) is 0 Å². The summed E-state index contributed by atoms with van der Waals surface area (Å²) in [6.45, 7) is 8.64. The molecule has 0 spiro atoms. The van der Waals surface area contributed by atoms with Crippen molar-refractivity contribution >= 4 is 27.9 Å². The quantitative estimate of drug-likeness (QED) is 0.612. The largest absolute Gasteiger partial charge is 0.483 e. The van der Waals surface area contributed by atoms with Gasteiger partial charge in [-0.05, 0) is 70.4 Å². The lowest BCUT2D eigenvalue weighted by molar-refractivity contribution is 0.120. The molecule has 134 valence electrons. The van der Waals surface area contributed by atoms with Gasteiger partial charge < -0.3 is 14.5 Å². The number of hydrogen-bond donors (Lipinski definition) is 1. The first-order valence-corrected chi connectivity index (χ1v) is 9.46. The molecule has 3 aromatic rings. The number of para-hydroxylation sites is 1. The molecule has 1 saturated heterocycles. The van der Waals surface area contributed by atoms with E-state index in [2.05, 4.69) is 75.2 Å². The van der Waals surface area contributed by atoms with E-state index in [0.29, 0.717) is 6.10 Å². The molecule has 26 heavy (non-hydrogen) atoms. The SMILES string of the molecule is Cc1cc2c([nH]c3ccccc32)c2c1O[C@@](C)(CCC1OC1(C)C)C=C2. The summed E-state index contributed by atoms with van der Waals surface area (Å²) < 4.78 is 12.3. The van der Waals surface area contributed by atoms with Crippen LogP contribution >= 0.6 is 0 Å². The van der Waals surface area contributed by atoms with Gasteiger partial charge in [0.2, 0.25) is 0 Å². The van der Waals surface area contributed by atoms with Crippen LogP contribution in [0.5, 0.6) is 5.75 Å². The van der Waals surface area contributed by atoms with Gasteiger partial charge in [-0.25, -0.2) is 0 Å². The predicted octanol–water partition coefficient (Wildman–Crippen LogP) is 5.75. The Labute approximate surface area is 154 Å². The monoisotopic (exact) mass is 347 g/mol. The van der Waals surface area contributed by atoms with E-state index in [-0.39, 0.29) is 11.2 Å². The Morgan fingerprint density at radius 3 is 2.65 bits per heavy atom. The van der Waals surface area contributed by atoms with Gasteiger partial charge in [0.15, 0.2) is 0 Å². The van der Waals surface area contributed by atoms with Crippen LogP contribution in [0, 0.1) is 6.92 Å². The molecule has 0 amide bonds. The second kappa shape index (κ2) is 5.14. The number of epoxide rings is 1. The highest BCUT2D eigenvalue weighted by Gasteiger charge is 2.48. The fourth-order valence-electron chi connectivity index (χ4n) is 4.25. The average molecular weight is 347 g/mol. The molecule has 3 heterocycles. The molecule has 0 aliphatic carbocycles. The second-order valence-corrected chi connectivity index (χ2v) is 8.53. The Bertz CT molecular complexity index is 1060. The van der Waals surface area contributed by atoms with Gasteiger partial charge >= 0.3 is 0 Å². The fourth-order valence-corrected chi connectivity index (χ4v) is 4.25. The lowest BCUT2D eigenvalue weighted by Gasteiger charge is -2.33. The van der Waals surface area contributed by atoms with E-state index < -0.39 is 0 Å². The van der Waals surface area contributed by atoms with Crippen LogP contribution in [-0.2, 0) is 4.74 Å². The molecule has 2 atom stereocenters. The first-order valence-electron chi connectivity index (χ1n) is 9.46. The van der Waals surface area contributed by atoms with E-state index in [1.165, 1.54) is 21.9 Å². The number of ether oxygens (including phenoxy) is 2. The van der Waals surface area contributed by atoms with E-state index in [4.69, 9.17) is 9.47 Å². The van der Waals surface area contributed by atoms with Crippen molar-refractivity contribution in [1.82, 2.24) is 4.98 Å². The number of benzene rings is 2. The number of aryl methyl sites for hydroxylation is 1. The van der Waals surface area contributed by atoms with Crippen LogP contribution in [0.1, 0.15) is 44.7 Å². The Hall–Kier alpha value is -2.26. The van der Waals surface area contributed by atoms with Gasteiger partial charge in [0.25, 0.3) is 0 Å². The van der Waals surface area contributed by atoms with Crippen molar-refractivity contribution in [2.45, 2.75) is 57.8 Å². The summed E-state index contributed by atoms with van der Waals surface area (Å²) in [7, 11) is 0. The molecular weight excluding hydrogens is 322 g/mol. The van der Waals surface area contributed by atoms with E-state index in [1.54, 1.807) is 0 Å². The zero-order valence-corrected chi connectivity index (χ0v) is 15.8. The molecule has 1 aromatic heterocycles. The molecule has 2 aromatic carbocycles. The van der Waals surface area contributed by atoms with Crippen molar-refractivity contribution in [2.24, 2.45) is 0 Å². The molecule has 5 rings (SSSR count). The third kappa shape index (κ3) is 2.38. The van der Waals surface area contributed by atoms with Crippen LogP contribution < -0.4 is 4.74 Å². The maximum atomic E-state index is 6.54. The maximum absolute atomic E-state index is 6.54. The zero-order valence-electron chi connectivity index (χ0n) is 15.8. The minimum Gasteiger partial charge on any atom is -0.483 e. The topological polar surface area (TPSA) is 37.5 Å². The highest BCUT2D eigenvalue weighted by molar-refractivity contribution is 6.11. The zero-order chi connectivity index (χ0) is 18.1. The molecule has 0 radical (unpaired) electrons. The highest BCUT2D eigenvalue weighted by Crippen LogP contribution is 2.44. The molecule has 1 N–H and O–H groups in total. The van der Waals surface area contributed by atoms with Crippen molar-refractivity contribution < 1.29 is 9.47 Å². The van der Waals surface area contributed by atoms with Crippen molar-refractivity contribution in [2.75, 3.05) is 0 Å². The number of nitrogens with one attached hydrogen (secondary N) is 1. The van der Waals surface area contributed by atoms with E-state index in [9.17, 15) is 0 Å². The molecule has 3 heteroatoms. The third-order valence-corrected chi connectivity index (χ3v) is 5.98. The summed E-state index contributed by atoms with van der Waals surface area (Å²) in [5.41, 5.74) is 4.45. The number of fused-ring (bicyclic) bond motifs is 5. The molecule has 3 nitrogen and oxygen atoms in total. The van der Waals surface area contributed by atoms with Crippen LogP contribution in [-0.4, -0.2) is 22.3 Å². The van der Waals surface area contributed by atoms with Gasteiger partial charge in [-0.1, -0.05) is 18.2 Å². The van der Waals surface area contributed by atoms with Crippen molar-refractivity contribution in [1.29, 1.82) is 0 Å². The van der Waals surface area contributed by atoms with Crippen LogP contribution in [0.3, 0.4) is 0 Å². The summed E-state index contributed by atoms with van der Waals surface area (Å²) in [5, 5.41) is 2.53. The first-order chi connectivity index (χ1) is 12.4. The molecule has 1 fully saturated rings. The normalized spacial score (nSPS) is 26.1. The Balaban J connectivity index is 1.53. The smallest absolute Gasteiger partial charge is 0.132 e. The average Bonchev–Trinajstić information content (AvgIpc) is 3.06. The number of H-pyrrole nitrogens is 1. The Morgan fingerprint density at radius 2 is 1.88 bits per heavy atom. The van der Waals surface area contributed by atoms with Gasteiger partial charge in [-0.3, -0.25) is 0 Å². The van der Waals surface area contributed by atoms with Crippen LogP contribution in [0.15, 0.2) is 36.4 Å².